The number of aromatic amines is 1. The maximum atomic E-state index is 13.5. The molecular formula is C18H12F2N4O2. The SMILES string of the molecule is N=C1C(c2nc3cc(F)ccc3c(=O)[nH]2)=C(O)CN1c1ccc(F)cc1. The Bertz CT molecular complexity index is 1140. The van der Waals surface area contributed by atoms with Gasteiger partial charge in [0.05, 0.1) is 23.0 Å². The Balaban J connectivity index is 1.79. The van der Waals surface area contributed by atoms with Gasteiger partial charge >= 0.3 is 0 Å². The molecule has 26 heavy (non-hydrogen) atoms. The highest BCUT2D eigenvalue weighted by Gasteiger charge is 2.31. The lowest BCUT2D eigenvalue weighted by atomic mass is 10.2. The molecule has 6 nitrogen and oxygen atoms in total. The Morgan fingerprint density at radius 3 is 2.54 bits per heavy atom. The smallest absolute Gasteiger partial charge is 0.259 e. The normalized spacial score (nSPS) is 14.5. The van der Waals surface area contributed by atoms with Gasteiger partial charge in [0.25, 0.3) is 5.56 Å². The summed E-state index contributed by atoms with van der Waals surface area (Å²) in [6, 6.07) is 9.04. The molecule has 0 aliphatic carbocycles. The number of rotatable bonds is 2. The highest BCUT2D eigenvalue weighted by Crippen LogP contribution is 2.29. The van der Waals surface area contributed by atoms with E-state index in [4.69, 9.17) is 5.41 Å². The van der Waals surface area contributed by atoms with Crippen LogP contribution in [0.3, 0.4) is 0 Å². The maximum absolute atomic E-state index is 13.5. The fourth-order valence-corrected chi connectivity index (χ4v) is 2.90. The lowest BCUT2D eigenvalue weighted by Crippen LogP contribution is -2.26. The summed E-state index contributed by atoms with van der Waals surface area (Å²) in [5.74, 6) is -1.26. The molecule has 1 aliphatic heterocycles. The van der Waals surface area contributed by atoms with Crippen LogP contribution in [-0.4, -0.2) is 27.5 Å². The molecule has 130 valence electrons. The van der Waals surface area contributed by atoms with Crippen molar-refractivity contribution in [1.29, 1.82) is 5.41 Å². The molecule has 3 N–H and O–H groups in total. The van der Waals surface area contributed by atoms with E-state index in [1.807, 2.05) is 0 Å². The molecule has 4 rings (SSSR count). The van der Waals surface area contributed by atoms with E-state index in [1.165, 1.54) is 35.2 Å². The van der Waals surface area contributed by atoms with Crippen LogP contribution in [0.1, 0.15) is 5.82 Å². The first-order valence-corrected chi connectivity index (χ1v) is 7.68. The molecule has 0 radical (unpaired) electrons. The molecule has 0 saturated heterocycles. The first kappa shape index (κ1) is 15.9. The Kier molecular flexibility index (Phi) is 3.54. The second-order valence-corrected chi connectivity index (χ2v) is 5.81. The average Bonchev–Trinajstić information content (AvgIpc) is 2.89. The zero-order valence-electron chi connectivity index (χ0n) is 13.3. The third-order valence-electron chi connectivity index (χ3n) is 4.15. The molecule has 0 spiro atoms. The Morgan fingerprint density at radius 2 is 1.81 bits per heavy atom. The van der Waals surface area contributed by atoms with Crippen LogP contribution in [0.2, 0.25) is 0 Å². The largest absolute Gasteiger partial charge is 0.509 e. The first-order valence-electron chi connectivity index (χ1n) is 7.68. The van der Waals surface area contributed by atoms with Gasteiger partial charge in [-0.2, -0.15) is 0 Å². The molecule has 2 aromatic carbocycles. The van der Waals surface area contributed by atoms with Crippen molar-refractivity contribution in [1.82, 2.24) is 9.97 Å². The number of nitrogens with zero attached hydrogens (tertiary/aromatic N) is 2. The highest BCUT2D eigenvalue weighted by atomic mass is 19.1. The molecule has 0 fully saturated rings. The van der Waals surface area contributed by atoms with Crippen molar-refractivity contribution in [2.45, 2.75) is 0 Å². The molecule has 0 atom stereocenters. The van der Waals surface area contributed by atoms with Gasteiger partial charge in [-0.25, -0.2) is 13.8 Å². The van der Waals surface area contributed by atoms with Gasteiger partial charge in [-0.15, -0.1) is 0 Å². The summed E-state index contributed by atoms with van der Waals surface area (Å²) in [6.07, 6.45) is 0. The third-order valence-corrected chi connectivity index (χ3v) is 4.15. The van der Waals surface area contributed by atoms with Gasteiger partial charge in [0.15, 0.2) is 0 Å². The van der Waals surface area contributed by atoms with Gasteiger partial charge in [-0.1, -0.05) is 0 Å². The lowest BCUT2D eigenvalue weighted by Gasteiger charge is -2.18. The summed E-state index contributed by atoms with van der Waals surface area (Å²) in [5, 5.41) is 18.8. The van der Waals surface area contributed by atoms with E-state index in [-0.39, 0.29) is 40.4 Å². The number of nitrogens with one attached hydrogen (secondary N) is 2. The number of H-pyrrole nitrogens is 1. The average molecular weight is 354 g/mol. The monoisotopic (exact) mass is 354 g/mol. The fourth-order valence-electron chi connectivity index (χ4n) is 2.90. The lowest BCUT2D eigenvalue weighted by molar-refractivity contribution is 0.411. The van der Waals surface area contributed by atoms with Crippen molar-refractivity contribution in [3.05, 3.63) is 76.0 Å². The van der Waals surface area contributed by atoms with E-state index in [1.54, 1.807) is 0 Å². The van der Waals surface area contributed by atoms with Gasteiger partial charge in [-0.3, -0.25) is 10.2 Å². The summed E-state index contributed by atoms with van der Waals surface area (Å²) in [4.78, 5) is 20.4. The van der Waals surface area contributed by atoms with Crippen LogP contribution in [0.5, 0.6) is 0 Å². The minimum Gasteiger partial charge on any atom is -0.509 e. The number of aliphatic hydroxyl groups excluding tert-OH is 1. The number of aromatic nitrogens is 2. The molecule has 0 unspecified atom stereocenters. The number of aliphatic hydroxyl groups is 1. The van der Waals surface area contributed by atoms with Crippen LogP contribution in [0.4, 0.5) is 14.5 Å². The molecule has 1 aromatic heterocycles. The number of amidine groups is 1. The standard InChI is InChI=1S/C18H12F2N4O2/c19-9-1-4-11(5-2-9)24-8-14(25)15(16(24)21)17-22-13-7-10(20)3-6-12(13)18(26)23-17/h1-7,21,25H,8H2,(H,22,23,26). The zero-order chi connectivity index (χ0) is 18.4. The van der Waals surface area contributed by atoms with Gasteiger partial charge in [0.2, 0.25) is 0 Å². The van der Waals surface area contributed by atoms with E-state index in [9.17, 15) is 18.7 Å². The molecule has 2 heterocycles. The van der Waals surface area contributed by atoms with Crippen molar-refractivity contribution in [3.8, 4) is 0 Å². The number of benzene rings is 2. The molecular weight excluding hydrogens is 342 g/mol. The number of hydrogen-bond acceptors (Lipinski definition) is 4. The fraction of sp³-hybridized carbons (Fsp3) is 0.0556. The molecule has 0 saturated carbocycles. The van der Waals surface area contributed by atoms with Crippen LogP contribution in [0.25, 0.3) is 16.5 Å². The number of anilines is 1. The van der Waals surface area contributed by atoms with E-state index in [0.29, 0.717) is 5.69 Å². The summed E-state index contributed by atoms with van der Waals surface area (Å²) >= 11 is 0. The summed E-state index contributed by atoms with van der Waals surface area (Å²) in [5.41, 5.74) is 0.167. The Morgan fingerprint density at radius 1 is 1.12 bits per heavy atom. The number of hydrogen-bond donors (Lipinski definition) is 3. The summed E-state index contributed by atoms with van der Waals surface area (Å²) in [7, 11) is 0. The van der Waals surface area contributed by atoms with Crippen molar-refractivity contribution in [3.63, 3.8) is 0 Å². The quantitative estimate of drug-likeness (QED) is 0.660. The van der Waals surface area contributed by atoms with Crippen molar-refractivity contribution >= 4 is 28.0 Å². The van der Waals surface area contributed by atoms with Crippen LogP contribution in [-0.2, 0) is 0 Å². The third kappa shape index (κ3) is 2.52. The summed E-state index contributed by atoms with van der Waals surface area (Å²) < 4.78 is 26.6. The topological polar surface area (TPSA) is 93.1 Å². The van der Waals surface area contributed by atoms with Crippen LogP contribution in [0.15, 0.2) is 53.0 Å². The first-order chi connectivity index (χ1) is 12.4. The zero-order valence-corrected chi connectivity index (χ0v) is 13.3. The van der Waals surface area contributed by atoms with Crippen LogP contribution < -0.4 is 10.5 Å². The minimum absolute atomic E-state index is 0.0231. The van der Waals surface area contributed by atoms with Gasteiger partial charge in [-0.05, 0) is 36.4 Å². The second kappa shape index (κ2) is 5.76. The van der Waals surface area contributed by atoms with E-state index < -0.39 is 17.2 Å². The van der Waals surface area contributed by atoms with Crippen LogP contribution in [0, 0.1) is 17.0 Å². The molecule has 1 aliphatic rings. The minimum atomic E-state index is -0.547. The molecule has 3 aromatic rings. The van der Waals surface area contributed by atoms with E-state index >= 15 is 0 Å². The maximum Gasteiger partial charge on any atom is 0.259 e. The van der Waals surface area contributed by atoms with E-state index in [0.717, 1.165) is 12.1 Å². The highest BCUT2D eigenvalue weighted by molar-refractivity contribution is 6.30. The molecule has 0 bridgehead atoms. The van der Waals surface area contributed by atoms with Crippen molar-refractivity contribution < 1.29 is 13.9 Å². The summed E-state index contributed by atoms with van der Waals surface area (Å²) in [6.45, 7) is -0.0231. The van der Waals surface area contributed by atoms with Crippen molar-refractivity contribution in [2.75, 3.05) is 11.4 Å². The van der Waals surface area contributed by atoms with Gasteiger partial charge in [0.1, 0.15) is 29.1 Å². The predicted molar refractivity (Wildman–Crippen MR) is 93.3 cm³/mol. The Labute approximate surface area is 145 Å². The van der Waals surface area contributed by atoms with E-state index in [2.05, 4.69) is 9.97 Å². The van der Waals surface area contributed by atoms with Gasteiger partial charge < -0.3 is 15.0 Å². The number of fused-ring (bicyclic) bond motifs is 1. The predicted octanol–water partition coefficient (Wildman–Crippen LogP) is 2.97. The number of halogens is 2. The molecule has 0 amide bonds. The van der Waals surface area contributed by atoms with Crippen molar-refractivity contribution in [2.24, 2.45) is 0 Å². The van der Waals surface area contributed by atoms with Gasteiger partial charge in [0, 0.05) is 11.8 Å². The second-order valence-electron chi connectivity index (χ2n) is 5.81. The molecule has 8 heteroatoms. The van der Waals surface area contributed by atoms with Crippen LogP contribution >= 0.6 is 0 Å². The Hall–Kier alpha value is -3.55.